The molecule has 6 nitrogen and oxygen atoms in total. The minimum atomic E-state index is -4.45. The molecule has 1 fully saturated rings. The predicted molar refractivity (Wildman–Crippen MR) is 124 cm³/mol. The Balaban J connectivity index is 1.74. The summed E-state index contributed by atoms with van der Waals surface area (Å²) in [5.41, 5.74) is 8.76. The Kier molecular flexibility index (Phi) is 6.87. The fraction of sp³-hybridized carbons (Fsp3) is 0.520. The summed E-state index contributed by atoms with van der Waals surface area (Å²) < 4.78 is 50.5. The lowest BCUT2D eigenvalue weighted by Crippen LogP contribution is -2.38. The highest BCUT2D eigenvalue weighted by Crippen LogP contribution is 2.56. The van der Waals surface area contributed by atoms with Crippen LogP contribution in [0.15, 0.2) is 41.7 Å². The Morgan fingerprint density at radius 3 is 2.56 bits per heavy atom. The van der Waals surface area contributed by atoms with E-state index in [2.05, 4.69) is 4.98 Å². The molecule has 1 unspecified atom stereocenters. The molecule has 1 heterocycles. The van der Waals surface area contributed by atoms with Crippen LogP contribution in [0.4, 0.5) is 13.2 Å². The van der Waals surface area contributed by atoms with Gasteiger partial charge in [0.2, 0.25) is 0 Å². The third kappa shape index (κ3) is 4.77. The van der Waals surface area contributed by atoms with E-state index in [-0.39, 0.29) is 17.6 Å². The highest BCUT2D eigenvalue weighted by Gasteiger charge is 2.48. The van der Waals surface area contributed by atoms with Gasteiger partial charge in [-0.25, -0.2) is 4.99 Å². The maximum atomic E-state index is 13.2. The number of alkyl halides is 3. The monoisotopic (exact) mass is 476 g/mol. The van der Waals surface area contributed by atoms with Crippen LogP contribution in [0.3, 0.4) is 0 Å². The van der Waals surface area contributed by atoms with Crippen LogP contribution < -0.4 is 5.73 Å². The molecule has 1 spiro atoms. The molecule has 184 valence electrons. The molecule has 0 radical (unpaired) electrons. The minimum Gasteiger partial charge on any atom is -0.381 e. The van der Waals surface area contributed by atoms with Crippen LogP contribution in [-0.4, -0.2) is 49.9 Å². The van der Waals surface area contributed by atoms with Gasteiger partial charge in [0.1, 0.15) is 6.73 Å². The van der Waals surface area contributed by atoms with E-state index >= 15 is 0 Å². The number of aliphatic imine (C=N–C) groups is 1. The molecule has 1 atom stereocenters. The van der Waals surface area contributed by atoms with E-state index in [0.717, 1.165) is 55.5 Å². The molecule has 2 aliphatic rings. The second-order valence-electron chi connectivity index (χ2n) is 9.35. The van der Waals surface area contributed by atoms with Crippen LogP contribution >= 0.6 is 0 Å². The summed E-state index contributed by atoms with van der Waals surface area (Å²) in [5, 5.41) is 0. The molecule has 4 rings (SSSR count). The van der Waals surface area contributed by atoms with Crippen LogP contribution in [0.25, 0.3) is 11.1 Å². The molecule has 2 aliphatic carbocycles. The molecule has 34 heavy (non-hydrogen) atoms. The highest BCUT2D eigenvalue weighted by atomic mass is 19.4. The number of nitrogens with zero attached hydrogens (tertiary/aromatic N) is 3. The molecule has 0 amide bonds. The zero-order valence-corrected chi connectivity index (χ0v) is 19.7. The van der Waals surface area contributed by atoms with Crippen molar-refractivity contribution in [1.29, 1.82) is 0 Å². The maximum Gasteiger partial charge on any atom is 0.417 e. The van der Waals surface area contributed by atoms with E-state index < -0.39 is 11.7 Å². The van der Waals surface area contributed by atoms with E-state index in [9.17, 15) is 13.2 Å². The fourth-order valence-electron chi connectivity index (χ4n) is 5.30. The summed E-state index contributed by atoms with van der Waals surface area (Å²) in [4.78, 5) is 10.5. The van der Waals surface area contributed by atoms with Crippen molar-refractivity contribution < 1.29 is 22.6 Å². The molecule has 9 heteroatoms. The molecule has 1 aromatic carbocycles. The fourth-order valence-corrected chi connectivity index (χ4v) is 5.30. The van der Waals surface area contributed by atoms with E-state index in [1.807, 2.05) is 25.2 Å². The Bertz CT molecular complexity index is 1050. The van der Waals surface area contributed by atoms with Gasteiger partial charge < -0.3 is 20.1 Å². The molecular weight excluding hydrogens is 445 g/mol. The first-order valence-corrected chi connectivity index (χ1v) is 11.4. The lowest BCUT2D eigenvalue weighted by atomic mass is 9.68. The predicted octanol–water partition coefficient (Wildman–Crippen LogP) is 4.79. The van der Waals surface area contributed by atoms with Crippen LogP contribution in [0, 0.1) is 5.41 Å². The topological polar surface area (TPSA) is 73.0 Å². The molecule has 2 N–H and O–H groups in total. The molecule has 0 bridgehead atoms. The Labute approximate surface area is 198 Å². The zero-order chi connectivity index (χ0) is 24.5. The lowest BCUT2D eigenvalue weighted by Gasteiger charge is -2.40. The SMILES string of the molecule is COCN(C)/C(N)=N\C1c2cc(-c3cncc(C(F)(F)F)c3)ccc2CC12CCC(OC)CC2. The van der Waals surface area contributed by atoms with Gasteiger partial charge in [-0.05, 0) is 60.9 Å². The number of halogens is 3. The van der Waals surface area contributed by atoms with Gasteiger partial charge in [0, 0.05) is 44.6 Å². The smallest absolute Gasteiger partial charge is 0.381 e. The van der Waals surface area contributed by atoms with Gasteiger partial charge in [0.25, 0.3) is 0 Å². The van der Waals surface area contributed by atoms with E-state index in [1.54, 1.807) is 19.1 Å². The quantitative estimate of drug-likeness (QED) is 0.382. The first-order valence-electron chi connectivity index (χ1n) is 11.4. The molecule has 1 saturated carbocycles. The number of aromatic nitrogens is 1. The Hall–Kier alpha value is -2.65. The second kappa shape index (κ2) is 9.54. The molecular formula is C25H31F3N4O2. The number of fused-ring (bicyclic) bond motifs is 1. The van der Waals surface area contributed by atoms with E-state index in [1.165, 1.54) is 6.20 Å². The van der Waals surface area contributed by atoms with Gasteiger partial charge in [-0.1, -0.05) is 12.1 Å². The summed E-state index contributed by atoms with van der Waals surface area (Å²) in [7, 11) is 5.16. The number of nitrogens with two attached hydrogens (primary N) is 1. The number of methoxy groups -OCH3 is 2. The molecule has 2 aromatic rings. The van der Waals surface area contributed by atoms with Crippen LogP contribution in [0.1, 0.15) is 48.4 Å². The van der Waals surface area contributed by atoms with Crippen LogP contribution in [-0.2, 0) is 22.1 Å². The normalized spacial score (nSPS) is 24.9. The first kappa shape index (κ1) is 24.5. The molecule has 1 aromatic heterocycles. The standard InChI is InChI=1S/C25H31F3N4O2/c1-32(15-33-2)23(29)31-22-21-11-16(18-10-19(14-30-13-18)25(26,27)28)4-5-17(21)12-24(22)8-6-20(34-3)7-9-24/h4-5,10-11,13-14,20,22H,6-9,12,15H2,1-3H3,(H2,29,31). The average Bonchev–Trinajstić information content (AvgIpc) is 3.11. The summed E-state index contributed by atoms with van der Waals surface area (Å²) in [5.74, 6) is 0.374. The number of benzene rings is 1. The van der Waals surface area contributed by atoms with Gasteiger partial charge in [-0.2, -0.15) is 13.2 Å². The summed E-state index contributed by atoms with van der Waals surface area (Å²) >= 11 is 0. The highest BCUT2D eigenvalue weighted by molar-refractivity contribution is 5.78. The third-order valence-corrected chi connectivity index (χ3v) is 7.20. The average molecular weight is 477 g/mol. The number of hydrogen-bond donors (Lipinski definition) is 1. The summed E-state index contributed by atoms with van der Waals surface area (Å²) in [6.45, 7) is 0.309. The molecule has 0 saturated heterocycles. The number of ether oxygens (including phenoxy) is 2. The van der Waals surface area contributed by atoms with Gasteiger partial charge in [0.05, 0.1) is 17.7 Å². The number of rotatable bonds is 5. The van der Waals surface area contributed by atoms with Crippen molar-refractivity contribution in [3.8, 4) is 11.1 Å². The van der Waals surface area contributed by atoms with Crippen molar-refractivity contribution in [2.24, 2.45) is 16.1 Å². The second-order valence-corrected chi connectivity index (χ2v) is 9.35. The van der Waals surface area contributed by atoms with Crippen LogP contribution in [0.2, 0.25) is 0 Å². The van der Waals surface area contributed by atoms with E-state index in [0.29, 0.717) is 23.8 Å². The maximum absolute atomic E-state index is 13.2. The number of hydrogen-bond acceptors (Lipinski definition) is 4. The number of pyridine rings is 1. The van der Waals surface area contributed by atoms with Gasteiger partial charge in [-0.3, -0.25) is 4.98 Å². The summed E-state index contributed by atoms with van der Waals surface area (Å²) in [6, 6.07) is 6.79. The van der Waals surface area contributed by atoms with Crippen molar-refractivity contribution in [2.45, 2.75) is 50.4 Å². The van der Waals surface area contributed by atoms with Crippen molar-refractivity contribution >= 4 is 5.96 Å². The zero-order valence-electron chi connectivity index (χ0n) is 19.7. The third-order valence-electron chi connectivity index (χ3n) is 7.20. The van der Waals surface area contributed by atoms with Crippen LogP contribution in [0.5, 0.6) is 0 Å². The van der Waals surface area contributed by atoms with Gasteiger partial charge in [-0.15, -0.1) is 0 Å². The summed E-state index contributed by atoms with van der Waals surface area (Å²) in [6.07, 6.45) is 2.71. The largest absolute Gasteiger partial charge is 0.417 e. The van der Waals surface area contributed by atoms with Crippen molar-refractivity contribution in [1.82, 2.24) is 9.88 Å². The van der Waals surface area contributed by atoms with Gasteiger partial charge in [0.15, 0.2) is 5.96 Å². The van der Waals surface area contributed by atoms with Crippen molar-refractivity contribution in [3.63, 3.8) is 0 Å². The molecule has 0 aliphatic heterocycles. The van der Waals surface area contributed by atoms with Crippen molar-refractivity contribution in [3.05, 3.63) is 53.3 Å². The van der Waals surface area contributed by atoms with Crippen molar-refractivity contribution in [2.75, 3.05) is 28.0 Å². The minimum absolute atomic E-state index is 0.0966. The number of guanidine groups is 1. The van der Waals surface area contributed by atoms with E-state index in [4.69, 9.17) is 20.2 Å². The Morgan fingerprint density at radius 2 is 1.91 bits per heavy atom. The Morgan fingerprint density at radius 1 is 1.18 bits per heavy atom. The lowest BCUT2D eigenvalue weighted by molar-refractivity contribution is -0.137. The van der Waals surface area contributed by atoms with Gasteiger partial charge >= 0.3 is 6.18 Å². The first-order chi connectivity index (χ1) is 16.2.